The molecule has 1 aromatic heterocycles. The van der Waals surface area contributed by atoms with Crippen molar-refractivity contribution in [3.8, 4) is 0 Å². The Kier molecular flexibility index (Phi) is 7.43. The number of hydrogen-bond donors (Lipinski definition) is 1. The second-order valence-electron chi connectivity index (χ2n) is 4.11. The fourth-order valence-electron chi connectivity index (χ4n) is 1.38. The zero-order valence-electron chi connectivity index (χ0n) is 11.7. The minimum Gasteiger partial charge on any atom is -0.465 e. The highest BCUT2D eigenvalue weighted by molar-refractivity contribution is 7.99. The molecule has 0 aliphatic carbocycles. The van der Waals surface area contributed by atoms with E-state index in [4.69, 9.17) is 4.74 Å². The van der Waals surface area contributed by atoms with Gasteiger partial charge in [0.2, 0.25) is 0 Å². The largest absolute Gasteiger partial charge is 0.465 e. The van der Waals surface area contributed by atoms with Crippen LogP contribution in [0, 0.1) is 6.92 Å². The van der Waals surface area contributed by atoms with Crippen molar-refractivity contribution in [1.29, 1.82) is 0 Å². The number of thioether (sulfide) groups is 1. The number of esters is 1. The summed E-state index contributed by atoms with van der Waals surface area (Å²) in [5.41, 5.74) is 1.02. The molecule has 5 nitrogen and oxygen atoms in total. The van der Waals surface area contributed by atoms with Gasteiger partial charge in [-0.25, -0.2) is 9.97 Å². The monoisotopic (exact) mass is 283 g/mol. The lowest BCUT2D eigenvalue weighted by atomic mass is 10.3. The van der Waals surface area contributed by atoms with Crippen molar-refractivity contribution in [1.82, 2.24) is 15.3 Å². The van der Waals surface area contributed by atoms with Crippen LogP contribution in [0.4, 0.5) is 0 Å². The number of rotatable bonds is 8. The van der Waals surface area contributed by atoms with Crippen molar-refractivity contribution in [3.05, 3.63) is 18.0 Å². The first-order chi connectivity index (χ1) is 9.17. The van der Waals surface area contributed by atoms with Crippen molar-refractivity contribution in [2.45, 2.75) is 38.4 Å². The maximum atomic E-state index is 11.8. The summed E-state index contributed by atoms with van der Waals surface area (Å²) in [6.45, 7) is 7.00. The van der Waals surface area contributed by atoms with Crippen LogP contribution in [0.25, 0.3) is 0 Å². The molecule has 0 radical (unpaired) electrons. The van der Waals surface area contributed by atoms with E-state index in [1.165, 1.54) is 11.8 Å². The topological polar surface area (TPSA) is 64.1 Å². The van der Waals surface area contributed by atoms with Gasteiger partial charge in [0.1, 0.15) is 6.04 Å². The van der Waals surface area contributed by atoms with Crippen LogP contribution in [0.5, 0.6) is 0 Å². The summed E-state index contributed by atoms with van der Waals surface area (Å²) >= 11 is 1.46. The molecule has 0 saturated heterocycles. The Morgan fingerprint density at radius 2 is 2.11 bits per heavy atom. The number of aryl methyl sites for hydroxylation is 1. The zero-order chi connectivity index (χ0) is 14.1. The molecule has 1 rings (SSSR count). The molecule has 0 aliphatic heterocycles. The third-order valence-electron chi connectivity index (χ3n) is 2.35. The van der Waals surface area contributed by atoms with E-state index < -0.39 is 0 Å². The number of nitrogens with zero attached hydrogens (tertiary/aromatic N) is 2. The minimum absolute atomic E-state index is 0.212. The standard InChI is InChI=1S/C13H21N3O2S/c1-4-6-14-11(12(17)18-5-2)9-19-13-15-7-10(3)8-16-13/h7-8,11,14H,4-6,9H2,1-3H3. The van der Waals surface area contributed by atoms with Crippen LogP contribution in [0.1, 0.15) is 25.8 Å². The molecule has 1 unspecified atom stereocenters. The van der Waals surface area contributed by atoms with Crippen LogP contribution < -0.4 is 5.32 Å². The summed E-state index contributed by atoms with van der Waals surface area (Å²) in [5.74, 6) is 0.359. The first-order valence-electron chi connectivity index (χ1n) is 6.48. The summed E-state index contributed by atoms with van der Waals surface area (Å²) in [4.78, 5) is 20.2. The Labute approximate surface area is 118 Å². The van der Waals surface area contributed by atoms with Crippen LogP contribution >= 0.6 is 11.8 Å². The number of nitrogens with one attached hydrogen (secondary N) is 1. The molecule has 6 heteroatoms. The Hall–Kier alpha value is -1.14. The van der Waals surface area contributed by atoms with Crippen molar-refractivity contribution in [2.24, 2.45) is 0 Å². The quantitative estimate of drug-likeness (QED) is 0.446. The van der Waals surface area contributed by atoms with Gasteiger partial charge in [-0.2, -0.15) is 0 Å². The summed E-state index contributed by atoms with van der Waals surface area (Å²) in [6.07, 6.45) is 4.52. The molecule has 0 aliphatic rings. The van der Waals surface area contributed by atoms with Crippen LogP contribution in [-0.2, 0) is 9.53 Å². The summed E-state index contributed by atoms with van der Waals surface area (Å²) in [7, 11) is 0. The number of ether oxygens (including phenoxy) is 1. The lowest BCUT2D eigenvalue weighted by Crippen LogP contribution is -2.40. The van der Waals surface area contributed by atoms with E-state index in [0.717, 1.165) is 18.5 Å². The van der Waals surface area contributed by atoms with Crippen molar-refractivity contribution in [3.63, 3.8) is 0 Å². The number of carbonyl (C=O) groups is 1. The highest BCUT2D eigenvalue weighted by atomic mass is 32.2. The van der Waals surface area contributed by atoms with E-state index in [9.17, 15) is 4.79 Å². The van der Waals surface area contributed by atoms with Crippen molar-refractivity contribution >= 4 is 17.7 Å². The lowest BCUT2D eigenvalue weighted by molar-refractivity contribution is -0.144. The fraction of sp³-hybridized carbons (Fsp3) is 0.615. The molecular formula is C13H21N3O2S. The zero-order valence-corrected chi connectivity index (χ0v) is 12.5. The highest BCUT2D eigenvalue weighted by Gasteiger charge is 2.19. The normalized spacial score (nSPS) is 12.2. The third-order valence-corrected chi connectivity index (χ3v) is 3.32. The second kappa shape index (κ2) is 8.87. The van der Waals surface area contributed by atoms with Crippen LogP contribution in [0.3, 0.4) is 0 Å². The molecular weight excluding hydrogens is 262 g/mol. The molecule has 19 heavy (non-hydrogen) atoms. The van der Waals surface area contributed by atoms with Gasteiger partial charge < -0.3 is 10.1 Å². The Bertz CT molecular complexity index is 384. The van der Waals surface area contributed by atoms with E-state index in [0.29, 0.717) is 17.5 Å². The van der Waals surface area contributed by atoms with E-state index in [1.54, 1.807) is 12.4 Å². The molecule has 0 amide bonds. The second-order valence-corrected chi connectivity index (χ2v) is 5.10. The molecule has 1 aromatic rings. The predicted molar refractivity (Wildman–Crippen MR) is 76.2 cm³/mol. The molecule has 1 atom stereocenters. The van der Waals surface area contributed by atoms with Gasteiger partial charge >= 0.3 is 5.97 Å². The van der Waals surface area contributed by atoms with Gasteiger partial charge in [0.15, 0.2) is 5.16 Å². The number of aromatic nitrogens is 2. The Morgan fingerprint density at radius 3 is 2.68 bits per heavy atom. The Balaban J connectivity index is 2.51. The smallest absolute Gasteiger partial charge is 0.323 e. The molecule has 1 heterocycles. The van der Waals surface area contributed by atoms with Crippen molar-refractivity contribution < 1.29 is 9.53 Å². The van der Waals surface area contributed by atoms with Gasteiger partial charge in [0.05, 0.1) is 6.61 Å². The third kappa shape index (κ3) is 6.02. The van der Waals surface area contributed by atoms with Crippen LogP contribution in [0.2, 0.25) is 0 Å². The van der Waals surface area contributed by atoms with E-state index in [2.05, 4.69) is 22.2 Å². The van der Waals surface area contributed by atoms with E-state index in [-0.39, 0.29) is 12.0 Å². The Morgan fingerprint density at radius 1 is 1.42 bits per heavy atom. The summed E-state index contributed by atoms with van der Waals surface area (Å²) in [6, 6.07) is -0.310. The average Bonchev–Trinajstić information content (AvgIpc) is 2.41. The van der Waals surface area contributed by atoms with Crippen LogP contribution in [-0.4, -0.2) is 40.9 Å². The van der Waals surface area contributed by atoms with Gasteiger partial charge in [0, 0.05) is 18.1 Å². The molecule has 1 N–H and O–H groups in total. The maximum Gasteiger partial charge on any atom is 0.323 e. The predicted octanol–water partition coefficient (Wildman–Crippen LogP) is 1.81. The molecule has 0 saturated carbocycles. The van der Waals surface area contributed by atoms with Gasteiger partial charge in [-0.15, -0.1) is 0 Å². The lowest BCUT2D eigenvalue weighted by Gasteiger charge is -2.15. The van der Waals surface area contributed by atoms with Gasteiger partial charge in [0.25, 0.3) is 0 Å². The van der Waals surface area contributed by atoms with Gasteiger partial charge in [-0.1, -0.05) is 18.7 Å². The van der Waals surface area contributed by atoms with Gasteiger partial charge in [-0.05, 0) is 32.4 Å². The van der Waals surface area contributed by atoms with Crippen LogP contribution in [0.15, 0.2) is 17.6 Å². The average molecular weight is 283 g/mol. The number of hydrogen-bond acceptors (Lipinski definition) is 6. The first-order valence-corrected chi connectivity index (χ1v) is 7.47. The molecule has 0 bridgehead atoms. The van der Waals surface area contributed by atoms with Crippen molar-refractivity contribution in [2.75, 3.05) is 18.9 Å². The summed E-state index contributed by atoms with van der Waals surface area (Å²) < 4.78 is 5.05. The van der Waals surface area contributed by atoms with E-state index >= 15 is 0 Å². The number of carbonyl (C=O) groups excluding carboxylic acids is 1. The highest BCUT2D eigenvalue weighted by Crippen LogP contribution is 2.14. The summed E-state index contributed by atoms with van der Waals surface area (Å²) in [5, 5.41) is 3.86. The SMILES string of the molecule is CCCNC(CSc1ncc(C)cn1)C(=O)OCC. The molecule has 0 aromatic carbocycles. The van der Waals surface area contributed by atoms with E-state index in [1.807, 2.05) is 13.8 Å². The maximum absolute atomic E-state index is 11.8. The van der Waals surface area contributed by atoms with Gasteiger partial charge in [-0.3, -0.25) is 4.79 Å². The first kappa shape index (κ1) is 15.9. The molecule has 106 valence electrons. The minimum atomic E-state index is -0.310. The fourth-order valence-corrected chi connectivity index (χ4v) is 2.21. The molecule has 0 fully saturated rings. The molecule has 0 spiro atoms.